The van der Waals surface area contributed by atoms with Gasteiger partial charge in [-0.2, -0.15) is 0 Å². The highest BCUT2D eigenvalue weighted by Gasteiger charge is 2.18. The molecular formula is C8H9ClF2N2. The van der Waals surface area contributed by atoms with E-state index in [1.165, 1.54) is 13.1 Å². The Bertz CT molecular complexity index is 315. The second kappa shape index (κ2) is 3.87. The van der Waals surface area contributed by atoms with E-state index >= 15 is 0 Å². The fourth-order valence-corrected chi connectivity index (χ4v) is 1.42. The van der Waals surface area contributed by atoms with Crippen molar-refractivity contribution in [1.82, 2.24) is 4.98 Å². The summed E-state index contributed by atoms with van der Waals surface area (Å²) in [6, 6.07) is 0. The van der Waals surface area contributed by atoms with E-state index in [0.29, 0.717) is 0 Å². The topological polar surface area (TPSA) is 38.9 Å². The lowest BCUT2D eigenvalue weighted by molar-refractivity contribution is 0.149. The zero-order valence-corrected chi connectivity index (χ0v) is 7.78. The monoisotopic (exact) mass is 206 g/mol. The Morgan fingerprint density at radius 2 is 2.23 bits per heavy atom. The molecule has 2 nitrogen and oxygen atoms in total. The molecule has 0 bridgehead atoms. The van der Waals surface area contributed by atoms with Crippen LogP contribution >= 0.6 is 11.6 Å². The third-order valence-electron chi connectivity index (χ3n) is 1.81. The number of nitrogen functional groups attached to an aromatic ring is 1. The van der Waals surface area contributed by atoms with Crippen molar-refractivity contribution in [1.29, 1.82) is 0 Å². The Morgan fingerprint density at radius 1 is 1.62 bits per heavy atom. The molecule has 0 aromatic carbocycles. The maximum Gasteiger partial charge on any atom is 0.265 e. The van der Waals surface area contributed by atoms with E-state index in [1.807, 2.05) is 0 Å². The lowest BCUT2D eigenvalue weighted by Gasteiger charge is -2.10. The lowest BCUT2D eigenvalue weighted by Crippen LogP contribution is -2.03. The third-order valence-corrected chi connectivity index (χ3v) is 2.08. The molecule has 1 rings (SSSR count). The van der Waals surface area contributed by atoms with Gasteiger partial charge in [0, 0.05) is 16.8 Å². The van der Waals surface area contributed by atoms with Gasteiger partial charge in [0.05, 0.1) is 17.8 Å². The molecule has 13 heavy (non-hydrogen) atoms. The largest absolute Gasteiger partial charge is 0.397 e. The number of aromatic nitrogens is 1. The van der Waals surface area contributed by atoms with Gasteiger partial charge in [0.25, 0.3) is 6.43 Å². The normalized spacial score (nSPS) is 10.8. The molecule has 1 aromatic rings. The van der Waals surface area contributed by atoms with Crippen LogP contribution in [0.4, 0.5) is 14.5 Å². The molecule has 0 fully saturated rings. The van der Waals surface area contributed by atoms with E-state index < -0.39 is 6.43 Å². The Balaban J connectivity index is 3.35. The fourth-order valence-electron chi connectivity index (χ4n) is 1.13. The summed E-state index contributed by atoms with van der Waals surface area (Å²) in [6.45, 7) is 1.51. The predicted octanol–water partition coefficient (Wildman–Crippen LogP) is 2.65. The highest BCUT2D eigenvalue weighted by Crippen LogP contribution is 2.29. The van der Waals surface area contributed by atoms with Crippen molar-refractivity contribution in [2.24, 2.45) is 0 Å². The molecular weight excluding hydrogens is 198 g/mol. The number of rotatable bonds is 2. The summed E-state index contributed by atoms with van der Waals surface area (Å²) in [5.74, 6) is -0.0190. The summed E-state index contributed by atoms with van der Waals surface area (Å²) in [4.78, 5) is 3.74. The Labute approximate surface area is 79.7 Å². The molecule has 0 radical (unpaired) electrons. The van der Waals surface area contributed by atoms with Crippen LogP contribution in [0, 0.1) is 6.92 Å². The van der Waals surface area contributed by atoms with E-state index in [1.54, 1.807) is 0 Å². The molecule has 0 aliphatic rings. The number of hydrogen-bond donors (Lipinski definition) is 1. The second-order valence-electron chi connectivity index (χ2n) is 2.63. The van der Waals surface area contributed by atoms with Crippen LogP contribution in [0.3, 0.4) is 0 Å². The van der Waals surface area contributed by atoms with Crippen LogP contribution in [-0.4, -0.2) is 4.98 Å². The summed E-state index contributed by atoms with van der Waals surface area (Å²) >= 11 is 5.51. The summed E-state index contributed by atoms with van der Waals surface area (Å²) in [7, 11) is 0. The van der Waals surface area contributed by atoms with Crippen molar-refractivity contribution in [2.45, 2.75) is 19.2 Å². The molecule has 0 atom stereocenters. The van der Waals surface area contributed by atoms with Gasteiger partial charge in [0.2, 0.25) is 0 Å². The van der Waals surface area contributed by atoms with E-state index in [0.717, 1.165) is 0 Å². The van der Waals surface area contributed by atoms with Crippen molar-refractivity contribution in [2.75, 3.05) is 5.73 Å². The van der Waals surface area contributed by atoms with Gasteiger partial charge >= 0.3 is 0 Å². The minimum atomic E-state index is -2.58. The molecule has 0 unspecified atom stereocenters. The molecule has 5 heteroatoms. The van der Waals surface area contributed by atoms with Gasteiger partial charge in [-0.05, 0) is 6.92 Å². The standard InChI is InChI=1S/C8H9ClF2N2/c1-4-7(8(10)11)5(2-9)6(12)3-13-4/h3,8H,2,12H2,1H3. The first-order chi connectivity index (χ1) is 6.07. The van der Waals surface area contributed by atoms with Crippen LogP contribution in [0.1, 0.15) is 23.2 Å². The number of hydrogen-bond acceptors (Lipinski definition) is 2. The first-order valence-corrected chi connectivity index (χ1v) is 4.19. The molecule has 1 heterocycles. The van der Waals surface area contributed by atoms with E-state index in [4.69, 9.17) is 17.3 Å². The molecule has 0 saturated carbocycles. The van der Waals surface area contributed by atoms with Crippen molar-refractivity contribution in [3.63, 3.8) is 0 Å². The molecule has 2 N–H and O–H groups in total. The van der Waals surface area contributed by atoms with Gasteiger partial charge in [-0.25, -0.2) is 8.78 Å². The maximum absolute atomic E-state index is 12.5. The van der Waals surface area contributed by atoms with Crippen LogP contribution in [0.2, 0.25) is 0 Å². The molecule has 0 amide bonds. The minimum absolute atomic E-state index is 0.0190. The highest BCUT2D eigenvalue weighted by atomic mass is 35.5. The Hall–Kier alpha value is -0.900. The summed E-state index contributed by atoms with van der Waals surface area (Å²) in [6.07, 6.45) is -1.23. The second-order valence-corrected chi connectivity index (χ2v) is 2.89. The number of anilines is 1. The molecule has 0 aliphatic heterocycles. The fraction of sp³-hybridized carbons (Fsp3) is 0.375. The zero-order chi connectivity index (χ0) is 10.0. The number of nitrogens with two attached hydrogens (primary N) is 1. The first-order valence-electron chi connectivity index (χ1n) is 3.66. The SMILES string of the molecule is Cc1ncc(N)c(CCl)c1C(F)F. The van der Waals surface area contributed by atoms with Gasteiger partial charge in [-0.1, -0.05) is 0 Å². The van der Waals surface area contributed by atoms with Crippen molar-refractivity contribution in [3.05, 3.63) is 23.0 Å². The molecule has 0 saturated heterocycles. The van der Waals surface area contributed by atoms with Gasteiger partial charge in [0.15, 0.2) is 0 Å². The number of alkyl halides is 3. The Kier molecular flexibility index (Phi) is 3.03. The maximum atomic E-state index is 12.5. The predicted molar refractivity (Wildman–Crippen MR) is 47.9 cm³/mol. The van der Waals surface area contributed by atoms with Gasteiger partial charge < -0.3 is 5.73 Å². The summed E-state index contributed by atoms with van der Waals surface area (Å²) in [5, 5.41) is 0. The molecule has 1 aromatic heterocycles. The third kappa shape index (κ3) is 1.88. The van der Waals surface area contributed by atoms with Crippen molar-refractivity contribution >= 4 is 17.3 Å². The number of pyridine rings is 1. The summed E-state index contributed by atoms with van der Waals surface area (Å²) in [5.41, 5.74) is 6.09. The van der Waals surface area contributed by atoms with Crippen LogP contribution < -0.4 is 5.73 Å². The molecule has 0 aliphatic carbocycles. The summed E-state index contributed by atoms with van der Waals surface area (Å²) < 4.78 is 25.0. The lowest BCUT2D eigenvalue weighted by atomic mass is 10.1. The van der Waals surface area contributed by atoms with Crippen molar-refractivity contribution in [3.8, 4) is 0 Å². The van der Waals surface area contributed by atoms with Crippen molar-refractivity contribution < 1.29 is 8.78 Å². The average Bonchev–Trinajstić information content (AvgIpc) is 2.07. The number of halogens is 3. The average molecular weight is 207 g/mol. The quantitative estimate of drug-likeness (QED) is 0.756. The van der Waals surface area contributed by atoms with Crippen LogP contribution in [0.15, 0.2) is 6.20 Å². The van der Waals surface area contributed by atoms with Gasteiger partial charge in [0.1, 0.15) is 0 Å². The zero-order valence-electron chi connectivity index (χ0n) is 7.02. The smallest absolute Gasteiger partial charge is 0.265 e. The van der Waals surface area contributed by atoms with E-state index in [-0.39, 0.29) is 28.4 Å². The van der Waals surface area contributed by atoms with Gasteiger partial charge in [-0.15, -0.1) is 11.6 Å². The van der Waals surface area contributed by atoms with E-state index in [2.05, 4.69) is 4.98 Å². The molecule has 0 spiro atoms. The van der Waals surface area contributed by atoms with Crippen LogP contribution in [0.25, 0.3) is 0 Å². The van der Waals surface area contributed by atoms with Crippen LogP contribution in [0.5, 0.6) is 0 Å². The number of nitrogens with zero attached hydrogens (tertiary/aromatic N) is 1. The van der Waals surface area contributed by atoms with E-state index in [9.17, 15) is 8.78 Å². The highest BCUT2D eigenvalue weighted by molar-refractivity contribution is 6.17. The number of aryl methyl sites for hydroxylation is 1. The van der Waals surface area contributed by atoms with Gasteiger partial charge in [-0.3, -0.25) is 4.98 Å². The molecule has 72 valence electrons. The first kappa shape index (κ1) is 10.2. The Morgan fingerprint density at radius 3 is 2.62 bits per heavy atom. The minimum Gasteiger partial charge on any atom is -0.397 e. The van der Waals surface area contributed by atoms with Crippen LogP contribution in [-0.2, 0) is 5.88 Å².